The number of nitrogens with zero attached hydrogens (tertiary/aromatic N) is 3. The number of allylic oxidation sites excluding steroid dienone is 1. The Labute approximate surface area is 211 Å². The van der Waals surface area contributed by atoms with Gasteiger partial charge in [-0.25, -0.2) is 4.79 Å². The van der Waals surface area contributed by atoms with Gasteiger partial charge >= 0.3 is 5.97 Å². The molecular formula is C24H28N4O3S3. The quantitative estimate of drug-likeness (QED) is 0.214. The van der Waals surface area contributed by atoms with E-state index in [1.807, 2.05) is 4.57 Å². The van der Waals surface area contributed by atoms with Crippen molar-refractivity contribution in [1.82, 2.24) is 14.8 Å². The Morgan fingerprint density at radius 3 is 2.85 bits per heavy atom. The minimum atomic E-state index is -0.359. The molecule has 10 heteroatoms. The Kier molecular flexibility index (Phi) is 8.23. The standard InChI is InChI=1S/C24H28N4O3S3/c1-4-11-28-21(15-12-16(5-2)32-13-15)26-27-24(28)33-14-19(29)25-22-20(23(30)31-6-3)17-9-7-8-10-18(17)34-22/h4,12-13H,1,5-11,14H2,2-3H3,(H,25,29). The van der Waals surface area contributed by atoms with Gasteiger partial charge < -0.3 is 10.1 Å². The number of anilines is 1. The molecule has 3 aromatic rings. The molecule has 0 saturated heterocycles. The normalized spacial score (nSPS) is 12.9. The highest BCUT2D eigenvalue weighted by molar-refractivity contribution is 7.99. The first-order chi connectivity index (χ1) is 16.5. The Morgan fingerprint density at radius 1 is 1.29 bits per heavy atom. The van der Waals surface area contributed by atoms with Gasteiger partial charge in [-0.05, 0) is 50.7 Å². The van der Waals surface area contributed by atoms with E-state index in [0.29, 0.717) is 28.9 Å². The van der Waals surface area contributed by atoms with Crippen LogP contribution >= 0.6 is 34.4 Å². The van der Waals surface area contributed by atoms with Crippen LogP contribution in [0.3, 0.4) is 0 Å². The molecule has 1 N–H and O–H groups in total. The van der Waals surface area contributed by atoms with Crippen molar-refractivity contribution in [3.8, 4) is 11.4 Å². The number of esters is 1. The second-order valence-corrected chi connectivity index (χ2v) is 10.9. The first kappa shape index (κ1) is 24.7. The summed E-state index contributed by atoms with van der Waals surface area (Å²) in [5.74, 6) is 0.383. The van der Waals surface area contributed by atoms with Crippen LogP contribution in [0.15, 0.2) is 29.3 Å². The Balaban J connectivity index is 1.49. The number of hydrogen-bond donors (Lipinski definition) is 1. The molecule has 0 aliphatic heterocycles. The van der Waals surface area contributed by atoms with Crippen molar-refractivity contribution in [1.29, 1.82) is 0 Å². The Morgan fingerprint density at radius 2 is 2.12 bits per heavy atom. The van der Waals surface area contributed by atoms with E-state index in [1.54, 1.807) is 24.3 Å². The summed E-state index contributed by atoms with van der Waals surface area (Å²) in [5.41, 5.74) is 2.59. The zero-order valence-electron chi connectivity index (χ0n) is 19.4. The van der Waals surface area contributed by atoms with Gasteiger partial charge in [-0.2, -0.15) is 0 Å². The maximum absolute atomic E-state index is 12.9. The number of carbonyl (C=O) groups is 2. The maximum atomic E-state index is 12.9. The number of aromatic nitrogens is 3. The lowest BCUT2D eigenvalue weighted by molar-refractivity contribution is -0.113. The number of hydrogen-bond acceptors (Lipinski definition) is 8. The van der Waals surface area contributed by atoms with E-state index in [0.717, 1.165) is 49.1 Å². The van der Waals surface area contributed by atoms with Crippen LogP contribution in [0, 0.1) is 0 Å². The third-order valence-electron chi connectivity index (χ3n) is 5.53. The monoisotopic (exact) mass is 516 g/mol. The number of aryl methyl sites for hydroxylation is 2. The predicted molar refractivity (Wildman–Crippen MR) is 139 cm³/mol. The second-order valence-electron chi connectivity index (χ2n) is 7.83. The third-order valence-corrected chi connectivity index (χ3v) is 8.78. The average Bonchev–Trinajstić information content (AvgIpc) is 3.54. The number of carbonyl (C=O) groups excluding carboxylic acids is 2. The van der Waals surface area contributed by atoms with Crippen LogP contribution in [-0.2, 0) is 35.3 Å². The maximum Gasteiger partial charge on any atom is 0.341 e. The highest BCUT2D eigenvalue weighted by Gasteiger charge is 2.27. The number of amides is 1. The van der Waals surface area contributed by atoms with Crippen LogP contribution in [-0.4, -0.2) is 39.0 Å². The second kappa shape index (κ2) is 11.3. The van der Waals surface area contributed by atoms with Crippen molar-refractivity contribution in [3.63, 3.8) is 0 Å². The van der Waals surface area contributed by atoms with Crippen molar-refractivity contribution in [3.05, 3.63) is 45.0 Å². The lowest BCUT2D eigenvalue weighted by Crippen LogP contribution is -2.17. The number of thioether (sulfide) groups is 1. The average molecular weight is 517 g/mol. The van der Waals surface area contributed by atoms with Crippen molar-refractivity contribution in [2.45, 2.75) is 57.7 Å². The van der Waals surface area contributed by atoms with E-state index in [9.17, 15) is 9.59 Å². The molecule has 0 radical (unpaired) electrons. The summed E-state index contributed by atoms with van der Waals surface area (Å²) < 4.78 is 7.25. The van der Waals surface area contributed by atoms with E-state index in [-0.39, 0.29) is 17.6 Å². The first-order valence-electron chi connectivity index (χ1n) is 11.4. The molecule has 3 aromatic heterocycles. The minimum absolute atomic E-state index is 0.157. The molecule has 0 unspecified atom stereocenters. The van der Waals surface area contributed by atoms with Gasteiger partial charge in [0, 0.05) is 27.2 Å². The molecule has 3 heterocycles. The molecule has 0 aromatic carbocycles. The summed E-state index contributed by atoms with van der Waals surface area (Å²) in [6.45, 7) is 8.62. The molecule has 34 heavy (non-hydrogen) atoms. The first-order valence-corrected chi connectivity index (χ1v) is 14.1. The largest absolute Gasteiger partial charge is 0.462 e. The van der Waals surface area contributed by atoms with Crippen LogP contribution in [0.5, 0.6) is 0 Å². The van der Waals surface area contributed by atoms with E-state index < -0.39 is 0 Å². The van der Waals surface area contributed by atoms with Crippen LogP contribution in [0.2, 0.25) is 0 Å². The predicted octanol–water partition coefficient (Wildman–Crippen LogP) is 5.60. The van der Waals surface area contributed by atoms with Crippen LogP contribution in [0.1, 0.15) is 52.4 Å². The number of thiophene rings is 2. The molecule has 4 rings (SSSR count). The molecule has 0 atom stereocenters. The fourth-order valence-corrected chi connectivity index (χ4v) is 6.81. The number of ether oxygens (including phenoxy) is 1. The fourth-order valence-electron chi connectivity index (χ4n) is 3.95. The van der Waals surface area contributed by atoms with E-state index in [2.05, 4.69) is 40.5 Å². The van der Waals surface area contributed by atoms with Crippen molar-refractivity contribution >= 4 is 51.3 Å². The lowest BCUT2D eigenvalue weighted by Gasteiger charge is -2.12. The SMILES string of the molecule is C=CCn1c(SCC(=O)Nc2sc3c(c2C(=O)OCC)CCCC3)nnc1-c1csc(CC)c1. The zero-order chi connectivity index (χ0) is 24.1. The number of rotatable bonds is 10. The summed E-state index contributed by atoms with van der Waals surface area (Å²) in [4.78, 5) is 28.0. The molecule has 1 aliphatic rings. The van der Waals surface area contributed by atoms with Gasteiger partial charge in [0.1, 0.15) is 5.00 Å². The minimum Gasteiger partial charge on any atom is -0.462 e. The summed E-state index contributed by atoms with van der Waals surface area (Å²) in [6.07, 6.45) is 6.70. The molecule has 0 spiro atoms. The zero-order valence-corrected chi connectivity index (χ0v) is 21.8. The summed E-state index contributed by atoms with van der Waals surface area (Å²) in [7, 11) is 0. The molecule has 180 valence electrons. The van der Waals surface area contributed by atoms with Gasteiger partial charge in [0.05, 0.1) is 17.9 Å². The summed E-state index contributed by atoms with van der Waals surface area (Å²) in [6, 6.07) is 2.13. The lowest BCUT2D eigenvalue weighted by atomic mass is 9.95. The smallest absolute Gasteiger partial charge is 0.341 e. The third kappa shape index (κ3) is 5.29. The van der Waals surface area contributed by atoms with Crippen molar-refractivity contribution < 1.29 is 14.3 Å². The van der Waals surface area contributed by atoms with E-state index in [4.69, 9.17) is 4.74 Å². The fraction of sp³-hybridized carbons (Fsp3) is 0.417. The van der Waals surface area contributed by atoms with E-state index in [1.165, 1.54) is 32.9 Å². The Hall–Kier alpha value is -2.43. The summed E-state index contributed by atoms with van der Waals surface area (Å²) >= 11 is 4.52. The molecule has 0 fully saturated rings. The van der Waals surface area contributed by atoms with Crippen LogP contribution < -0.4 is 5.32 Å². The molecule has 7 nitrogen and oxygen atoms in total. The summed E-state index contributed by atoms with van der Waals surface area (Å²) in [5, 5.41) is 15.0. The Bertz CT molecular complexity index is 1190. The van der Waals surface area contributed by atoms with E-state index >= 15 is 0 Å². The molecule has 0 bridgehead atoms. The molecule has 1 aliphatic carbocycles. The van der Waals surface area contributed by atoms with Crippen LogP contribution in [0.25, 0.3) is 11.4 Å². The molecular weight excluding hydrogens is 488 g/mol. The topological polar surface area (TPSA) is 86.1 Å². The number of nitrogens with one attached hydrogen (secondary N) is 1. The number of fused-ring (bicyclic) bond motifs is 1. The van der Waals surface area contributed by atoms with Gasteiger partial charge in [-0.1, -0.05) is 24.8 Å². The van der Waals surface area contributed by atoms with Crippen LogP contribution in [0.4, 0.5) is 5.00 Å². The van der Waals surface area contributed by atoms with Gasteiger partial charge in [-0.3, -0.25) is 9.36 Å². The van der Waals surface area contributed by atoms with Crippen molar-refractivity contribution in [2.24, 2.45) is 0 Å². The van der Waals surface area contributed by atoms with Gasteiger partial charge in [0.2, 0.25) is 5.91 Å². The molecule has 0 saturated carbocycles. The van der Waals surface area contributed by atoms with Crippen molar-refractivity contribution in [2.75, 3.05) is 17.7 Å². The van der Waals surface area contributed by atoms with Gasteiger partial charge in [-0.15, -0.1) is 39.4 Å². The van der Waals surface area contributed by atoms with Gasteiger partial charge in [0.25, 0.3) is 0 Å². The highest BCUT2D eigenvalue weighted by atomic mass is 32.2. The van der Waals surface area contributed by atoms with Gasteiger partial charge in [0.15, 0.2) is 11.0 Å². The molecule has 1 amide bonds. The highest BCUT2D eigenvalue weighted by Crippen LogP contribution is 2.39.